The highest BCUT2D eigenvalue weighted by Gasteiger charge is 2.60. The summed E-state index contributed by atoms with van der Waals surface area (Å²) in [6, 6.07) is 6.15. The molecule has 102 valence electrons. The Morgan fingerprint density at radius 1 is 1.37 bits per heavy atom. The van der Waals surface area contributed by atoms with Crippen LogP contribution in [0.15, 0.2) is 24.3 Å². The first-order chi connectivity index (χ1) is 8.68. The fourth-order valence-electron chi connectivity index (χ4n) is 1.80. The zero-order valence-corrected chi connectivity index (χ0v) is 12.0. The summed E-state index contributed by atoms with van der Waals surface area (Å²) in [6.45, 7) is 2.17. The Balaban J connectivity index is 2.20. The summed E-state index contributed by atoms with van der Waals surface area (Å²) < 4.78 is 22.8. The van der Waals surface area contributed by atoms with E-state index in [-0.39, 0.29) is 5.56 Å². The number of rotatable bonds is 3. The van der Waals surface area contributed by atoms with Crippen molar-refractivity contribution in [1.29, 1.82) is 0 Å². The fourth-order valence-corrected chi connectivity index (χ4v) is 3.47. The number of hydrogen-bond acceptors (Lipinski definition) is 4. The van der Waals surface area contributed by atoms with Crippen molar-refractivity contribution >= 4 is 33.3 Å². The van der Waals surface area contributed by atoms with Gasteiger partial charge in [0.15, 0.2) is 10.5 Å². The molecule has 0 atom stereocenters. The molecule has 7 heteroatoms. The molecule has 0 unspecified atom stereocenters. The van der Waals surface area contributed by atoms with Crippen LogP contribution in [0.2, 0.25) is 5.02 Å². The molecule has 0 saturated carbocycles. The molecule has 1 fully saturated rings. The predicted molar refractivity (Wildman–Crippen MR) is 70.5 cm³/mol. The molecule has 2 rings (SSSR count). The van der Waals surface area contributed by atoms with Gasteiger partial charge in [-0.3, -0.25) is 9.59 Å². The monoisotopic (exact) mass is 301 g/mol. The third-order valence-electron chi connectivity index (χ3n) is 3.11. The molecule has 1 aliphatic heterocycles. The molecule has 0 aromatic heterocycles. The van der Waals surface area contributed by atoms with E-state index in [1.807, 2.05) is 0 Å². The number of sulfonamides is 1. The second kappa shape index (κ2) is 4.31. The van der Waals surface area contributed by atoms with Gasteiger partial charge in [-0.15, -0.1) is 0 Å². The average Bonchev–Trinajstić information content (AvgIpc) is 2.34. The Bertz CT molecular complexity index is 666. The van der Waals surface area contributed by atoms with Gasteiger partial charge in [-0.1, -0.05) is 23.7 Å². The van der Waals surface area contributed by atoms with Gasteiger partial charge in [0.25, 0.3) is 15.9 Å². The summed E-state index contributed by atoms with van der Waals surface area (Å²) in [4.78, 5) is 23.6. The van der Waals surface area contributed by atoms with Gasteiger partial charge in [0, 0.05) is 10.6 Å². The third-order valence-corrected chi connectivity index (χ3v) is 5.69. The standard InChI is InChI=1S/C12H12ClNO4S/c1-12(2)11(16)14(19(12,17)18)7-10(15)8-4-3-5-9(13)6-8/h3-6H,7H2,1-2H3. The van der Waals surface area contributed by atoms with Crippen LogP contribution in [0.3, 0.4) is 0 Å². The Hall–Kier alpha value is -1.40. The molecule has 5 nitrogen and oxygen atoms in total. The van der Waals surface area contributed by atoms with Gasteiger partial charge in [0.1, 0.15) is 6.54 Å². The highest BCUT2D eigenvalue weighted by atomic mass is 35.5. The SMILES string of the molecule is CC1(C)C(=O)N(CC(=O)c2cccc(Cl)c2)S1(=O)=O. The molecule has 19 heavy (non-hydrogen) atoms. The van der Waals surface area contributed by atoms with Crippen LogP contribution in [0.25, 0.3) is 0 Å². The van der Waals surface area contributed by atoms with Crippen LogP contribution in [0.4, 0.5) is 0 Å². The van der Waals surface area contributed by atoms with E-state index in [9.17, 15) is 18.0 Å². The second-order valence-electron chi connectivity index (χ2n) is 4.76. The van der Waals surface area contributed by atoms with E-state index in [0.29, 0.717) is 9.33 Å². The van der Waals surface area contributed by atoms with Crippen LogP contribution in [-0.2, 0) is 14.8 Å². The third kappa shape index (κ3) is 2.04. The van der Waals surface area contributed by atoms with E-state index in [4.69, 9.17) is 11.6 Å². The van der Waals surface area contributed by atoms with Crippen molar-refractivity contribution in [2.75, 3.05) is 6.54 Å². The first kappa shape index (κ1) is 14.0. The lowest BCUT2D eigenvalue weighted by Gasteiger charge is -2.42. The van der Waals surface area contributed by atoms with E-state index < -0.39 is 33.0 Å². The van der Waals surface area contributed by atoms with E-state index in [1.165, 1.54) is 26.0 Å². The number of carbonyl (C=O) groups is 2. The average molecular weight is 302 g/mol. The summed E-state index contributed by atoms with van der Waals surface area (Å²) >= 11 is 5.75. The zero-order valence-electron chi connectivity index (χ0n) is 10.4. The van der Waals surface area contributed by atoms with Gasteiger partial charge >= 0.3 is 0 Å². The van der Waals surface area contributed by atoms with Crippen molar-refractivity contribution < 1.29 is 18.0 Å². The minimum absolute atomic E-state index is 0.278. The minimum Gasteiger partial charge on any atom is -0.292 e. The van der Waals surface area contributed by atoms with Crippen LogP contribution >= 0.6 is 11.6 Å². The van der Waals surface area contributed by atoms with E-state index in [0.717, 1.165) is 0 Å². The number of amides is 1. The van der Waals surface area contributed by atoms with Crippen LogP contribution < -0.4 is 0 Å². The Kier molecular flexibility index (Phi) is 3.18. The topological polar surface area (TPSA) is 71.5 Å². The molecule has 1 aliphatic rings. The molecule has 1 saturated heterocycles. The highest BCUT2D eigenvalue weighted by molar-refractivity contribution is 7.94. The molecule has 1 heterocycles. The molecule has 0 bridgehead atoms. The Morgan fingerprint density at radius 3 is 2.53 bits per heavy atom. The lowest BCUT2D eigenvalue weighted by molar-refractivity contribution is -0.131. The normalized spacial score (nSPS) is 19.9. The van der Waals surface area contributed by atoms with Gasteiger partial charge in [-0.25, -0.2) is 12.7 Å². The van der Waals surface area contributed by atoms with Gasteiger partial charge in [0.05, 0.1) is 0 Å². The molecule has 1 aromatic rings. The maximum absolute atomic E-state index is 11.9. The van der Waals surface area contributed by atoms with Gasteiger partial charge < -0.3 is 0 Å². The molecule has 0 radical (unpaired) electrons. The van der Waals surface area contributed by atoms with E-state index in [1.54, 1.807) is 12.1 Å². The smallest absolute Gasteiger partial charge is 0.259 e. The van der Waals surface area contributed by atoms with Crippen LogP contribution in [0, 0.1) is 0 Å². The fraction of sp³-hybridized carbons (Fsp3) is 0.333. The van der Waals surface area contributed by atoms with Crippen molar-refractivity contribution in [3.8, 4) is 0 Å². The number of halogens is 1. The van der Waals surface area contributed by atoms with Crippen molar-refractivity contribution in [2.24, 2.45) is 0 Å². The maximum atomic E-state index is 11.9. The molecular formula is C12H12ClNO4S. The molecular weight excluding hydrogens is 290 g/mol. The molecule has 1 amide bonds. The number of carbonyl (C=O) groups excluding carboxylic acids is 2. The van der Waals surface area contributed by atoms with Crippen molar-refractivity contribution in [1.82, 2.24) is 4.31 Å². The molecule has 0 N–H and O–H groups in total. The van der Waals surface area contributed by atoms with Crippen molar-refractivity contribution in [2.45, 2.75) is 18.6 Å². The first-order valence-corrected chi connectivity index (χ1v) is 7.35. The van der Waals surface area contributed by atoms with Crippen LogP contribution in [0.1, 0.15) is 24.2 Å². The Morgan fingerprint density at radius 2 is 2.00 bits per heavy atom. The number of ketones is 1. The summed E-state index contributed by atoms with van der Waals surface area (Å²) in [6.07, 6.45) is 0. The Labute approximate surface area is 116 Å². The van der Waals surface area contributed by atoms with Crippen molar-refractivity contribution in [3.63, 3.8) is 0 Å². The predicted octanol–water partition coefficient (Wildman–Crippen LogP) is 1.47. The van der Waals surface area contributed by atoms with Gasteiger partial charge in [-0.2, -0.15) is 0 Å². The number of hydrogen-bond donors (Lipinski definition) is 0. The van der Waals surface area contributed by atoms with Crippen LogP contribution in [-0.4, -0.2) is 35.7 Å². The number of Topliss-reactive ketones (excluding diaryl/α,β-unsaturated/α-hetero) is 1. The van der Waals surface area contributed by atoms with Crippen molar-refractivity contribution in [3.05, 3.63) is 34.9 Å². The van der Waals surface area contributed by atoms with E-state index >= 15 is 0 Å². The zero-order chi connectivity index (χ0) is 14.4. The van der Waals surface area contributed by atoms with E-state index in [2.05, 4.69) is 0 Å². The maximum Gasteiger partial charge on any atom is 0.259 e. The summed E-state index contributed by atoms with van der Waals surface area (Å²) in [5.74, 6) is -1.03. The molecule has 0 spiro atoms. The van der Waals surface area contributed by atoms with Crippen LogP contribution in [0.5, 0.6) is 0 Å². The molecule has 1 aromatic carbocycles. The minimum atomic E-state index is -3.73. The summed E-state index contributed by atoms with van der Waals surface area (Å²) in [5, 5.41) is 0.379. The summed E-state index contributed by atoms with van der Waals surface area (Å²) in [7, 11) is -3.73. The van der Waals surface area contributed by atoms with Gasteiger partial charge in [-0.05, 0) is 26.0 Å². The molecule has 0 aliphatic carbocycles. The highest BCUT2D eigenvalue weighted by Crippen LogP contribution is 2.34. The lowest BCUT2D eigenvalue weighted by atomic mass is 10.1. The largest absolute Gasteiger partial charge is 0.292 e. The summed E-state index contributed by atoms with van der Waals surface area (Å²) in [5.41, 5.74) is 0.278. The second-order valence-corrected chi connectivity index (χ2v) is 7.61. The number of nitrogens with zero attached hydrogens (tertiary/aromatic N) is 1. The van der Waals surface area contributed by atoms with Gasteiger partial charge in [0.2, 0.25) is 0 Å². The number of benzene rings is 1. The lowest BCUT2D eigenvalue weighted by Crippen LogP contribution is -2.68. The first-order valence-electron chi connectivity index (χ1n) is 5.53. The quantitative estimate of drug-likeness (QED) is 0.793.